The number of fused-ring (bicyclic) bond motifs is 1. The van der Waals surface area contributed by atoms with Gasteiger partial charge in [0.25, 0.3) is 0 Å². The Balaban J connectivity index is 2.61. The van der Waals surface area contributed by atoms with Crippen molar-refractivity contribution in [3.63, 3.8) is 0 Å². The number of H-pyrrole nitrogens is 1. The molecule has 0 aliphatic heterocycles. The maximum Gasteiger partial charge on any atom is 0.0459 e. The van der Waals surface area contributed by atoms with E-state index in [9.17, 15) is 0 Å². The smallest absolute Gasteiger partial charge is 0.0459 e. The predicted molar refractivity (Wildman–Crippen MR) is 68.8 cm³/mol. The average Bonchev–Trinajstić information content (AvgIpc) is 2.55. The average molecular weight is 219 g/mol. The molecular formula is C13H17NS. The molecule has 0 unspecified atom stereocenters. The summed E-state index contributed by atoms with van der Waals surface area (Å²) in [6.45, 7) is 4.40. The lowest BCUT2D eigenvalue weighted by molar-refractivity contribution is 0.918. The lowest BCUT2D eigenvalue weighted by Crippen LogP contribution is -1.84. The van der Waals surface area contributed by atoms with Gasteiger partial charge in [0.1, 0.15) is 0 Å². The highest BCUT2D eigenvalue weighted by Crippen LogP contribution is 2.27. The van der Waals surface area contributed by atoms with Crippen LogP contribution in [0, 0.1) is 6.92 Å². The van der Waals surface area contributed by atoms with E-state index >= 15 is 0 Å². The second-order valence-electron chi connectivity index (χ2n) is 3.89. The van der Waals surface area contributed by atoms with E-state index in [1.54, 1.807) is 11.8 Å². The van der Waals surface area contributed by atoms with Crippen LogP contribution in [-0.4, -0.2) is 11.2 Å². The third-order valence-electron chi connectivity index (χ3n) is 2.83. The molecule has 1 nitrogen and oxygen atoms in total. The van der Waals surface area contributed by atoms with Crippen LogP contribution in [0.4, 0.5) is 0 Å². The van der Waals surface area contributed by atoms with Crippen LogP contribution in [0.5, 0.6) is 0 Å². The van der Waals surface area contributed by atoms with Crippen LogP contribution in [0.1, 0.15) is 24.6 Å². The summed E-state index contributed by atoms with van der Waals surface area (Å²) in [6, 6.07) is 6.67. The molecule has 0 radical (unpaired) electrons. The molecule has 0 atom stereocenters. The van der Waals surface area contributed by atoms with Gasteiger partial charge in [0.05, 0.1) is 0 Å². The van der Waals surface area contributed by atoms with Gasteiger partial charge in [0.15, 0.2) is 0 Å². The number of aromatic amines is 1. The number of benzene rings is 1. The van der Waals surface area contributed by atoms with E-state index in [0.717, 1.165) is 0 Å². The molecule has 2 rings (SSSR count). The fraction of sp³-hybridized carbons (Fsp3) is 0.385. The van der Waals surface area contributed by atoms with Crippen molar-refractivity contribution in [2.75, 3.05) is 6.26 Å². The van der Waals surface area contributed by atoms with Gasteiger partial charge in [-0.1, -0.05) is 13.3 Å². The largest absolute Gasteiger partial charge is 0.358 e. The highest BCUT2D eigenvalue weighted by Gasteiger charge is 2.07. The molecule has 0 saturated heterocycles. The van der Waals surface area contributed by atoms with E-state index in [1.165, 1.54) is 39.9 Å². The summed E-state index contributed by atoms with van der Waals surface area (Å²) >= 11 is 1.81. The zero-order valence-corrected chi connectivity index (χ0v) is 10.4. The molecule has 0 amide bonds. The van der Waals surface area contributed by atoms with Gasteiger partial charge in [-0.2, -0.15) is 0 Å². The Kier molecular flexibility index (Phi) is 3.06. The van der Waals surface area contributed by atoms with Crippen molar-refractivity contribution in [3.8, 4) is 0 Å². The van der Waals surface area contributed by atoms with Crippen LogP contribution < -0.4 is 0 Å². The Morgan fingerprint density at radius 2 is 2.13 bits per heavy atom. The molecule has 0 bridgehead atoms. The van der Waals surface area contributed by atoms with E-state index < -0.39 is 0 Å². The van der Waals surface area contributed by atoms with Crippen LogP contribution >= 0.6 is 11.8 Å². The summed E-state index contributed by atoms with van der Waals surface area (Å²) in [5, 5.41) is 1.40. The minimum Gasteiger partial charge on any atom is -0.358 e. The van der Waals surface area contributed by atoms with E-state index in [2.05, 4.69) is 43.3 Å². The monoisotopic (exact) mass is 219 g/mol. The minimum absolute atomic E-state index is 1.17. The van der Waals surface area contributed by atoms with Crippen LogP contribution in [0.15, 0.2) is 23.1 Å². The molecule has 1 aromatic heterocycles. The highest BCUT2D eigenvalue weighted by atomic mass is 32.2. The molecule has 0 aliphatic rings. The molecule has 1 heterocycles. The van der Waals surface area contributed by atoms with Gasteiger partial charge >= 0.3 is 0 Å². The summed E-state index contributed by atoms with van der Waals surface area (Å²) in [5.74, 6) is 0. The van der Waals surface area contributed by atoms with Gasteiger partial charge < -0.3 is 4.98 Å². The molecule has 0 fully saturated rings. The van der Waals surface area contributed by atoms with E-state index in [1.807, 2.05) is 0 Å². The Labute approximate surface area is 95.3 Å². The number of rotatable bonds is 3. The molecule has 2 aromatic rings. The lowest BCUT2D eigenvalue weighted by Gasteiger charge is -2.00. The Morgan fingerprint density at radius 1 is 1.33 bits per heavy atom. The minimum atomic E-state index is 1.17. The number of hydrogen-bond donors (Lipinski definition) is 1. The van der Waals surface area contributed by atoms with Crippen molar-refractivity contribution >= 4 is 22.7 Å². The van der Waals surface area contributed by atoms with Crippen molar-refractivity contribution in [1.29, 1.82) is 0 Å². The Hall–Kier alpha value is -0.890. The number of nitrogens with one attached hydrogen (secondary N) is 1. The topological polar surface area (TPSA) is 15.8 Å². The quantitative estimate of drug-likeness (QED) is 0.767. The van der Waals surface area contributed by atoms with E-state index in [-0.39, 0.29) is 0 Å². The van der Waals surface area contributed by atoms with Gasteiger partial charge in [-0.15, -0.1) is 11.8 Å². The van der Waals surface area contributed by atoms with E-state index in [4.69, 9.17) is 0 Å². The fourth-order valence-electron chi connectivity index (χ4n) is 2.06. The molecule has 1 N–H and O–H groups in total. The third-order valence-corrected chi connectivity index (χ3v) is 3.55. The molecule has 80 valence electrons. The molecule has 0 spiro atoms. The van der Waals surface area contributed by atoms with Gasteiger partial charge in [-0.25, -0.2) is 0 Å². The number of hydrogen-bond acceptors (Lipinski definition) is 1. The van der Waals surface area contributed by atoms with Crippen LogP contribution in [0.25, 0.3) is 10.9 Å². The van der Waals surface area contributed by atoms with Crippen molar-refractivity contribution in [2.45, 2.75) is 31.6 Å². The van der Waals surface area contributed by atoms with Gasteiger partial charge in [-0.3, -0.25) is 0 Å². The normalized spacial score (nSPS) is 11.1. The molecule has 2 heteroatoms. The number of thioether (sulfide) groups is 1. The fourth-order valence-corrected chi connectivity index (χ4v) is 2.50. The first kappa shape index (κ1) is 10.6. The standard InChI is InChI=1S/C13H17NS/c1-4-5-11-9(2)14-13-7-6-10(15-3)8-12(11)13/h6-8,14H,4-5H2,1-3H3. The first-order chi connectivity index (χ1) is 7.26. The van der Waals surface area contributed by atoms with Crippen LogP contribution in [0.2, 0.25) is 0 Å². The lowest BCUT2D eigenvalue weighted by atomic mass is 10.1. The summed E-state index contributed by atoms with van der Waals surface area (Å²) in [4.78, 5) is 4.80. The Bertz CT molecular complexity index is 471. The molecule has 1 aromatic carbocycles. The van der Waals surface area contributed by atoms with Crippen molar-refractivity contribution in [1.82, 2.24) is 4.98 Å². The van der Waals surface area contributed by atoms with Crippen LogP contribution in [-0.2, 0) is 6.42 Å². The first-order valence-corrected chi connectivity index (χ1v) is 6.64. The van der Waals surface area contributed by atoms with Gasteiger partial charge in [0, 0.05) is 21.5 Å². The molecule has 0 aliphatic carbocycles. The second-order valence-corrected chi connectivity index (χ2v) is 4.77. The maximum atomic E-state index is 3.45. The Morgan fingerprint density at radius 3 is 2.80 bits per heavy atom. The first-order valence-electron chi connectivity index (χ1n) is 5.41. The number of aryl methyl sites for hydroxylation is 2. The summed E-state index contributed by atoms with van der Waals surface area (Å²) < 4.78 is 0. The van der Waals surface area contributed by atoms with Gasteiger partial charge in [0.2, 0.25) is 0 Å². The van der Waals surface area contributed by atoms with Crippen molar-refractivity contribution in [2.24, 2.45) is 0 Å². The zero-order chi connectivity index (χ0) is 10.8. The van der Waals surface area contributed by atoms with Crippen molar-refractivity contribution < 1.29 is 0 Å². The highest BCUT2D eigenvalue weighted by molar-refractivity contribution is 7.98. The SMILES string of the molecule is CCCc1c(C)[nH]c2ccc(SC)cc12. The summed E-state index contributed by atoms with van der Waals surface area (Å²) in [7, 11) is 0. The maximum absolute atomic E-state index is 3.45. The van der Waals surface area contributed by atoms with Gasteiger partial charge in [-0.05, 0) is 43.4 Å². The van der Waals surface area contributed by atoms with E-state index in [0.29, 0.717) is 0 Å². The third kappa shape index (κ3) is 1.91. The molecule has 0 saturated carbocycles. The second kappa shape index (κ2) is 4.31. The summed E-state index contributed by atoms with van der Waals surface area (Å²) in [5.41, 5.74) is 4.09. The van der Waals surface area contributed by atoms with Crippen LogP contribution in [0.3, 0.4) is 0 Å². The molecule has 15 heavy (non-hydrogen) atoms. The molecular weight excluding hydrogens is 202 g/mol. The number of aromatic nitrogens is 1. The summed E-state index contributed by atoms with van der Waals surface area (Å²) in [6.07, 6.45) is 4.50. The predicted octanol–water partition coefficient (Wildman–Crippen LogP) is 4.15. The van der Waals surface area contributed by atoms with Crippen molar-refractivity contribution in [3.05, 3.63) is 29.5 Å². The zero-order valence-electron chi connectivity index (χ0n) is 9.55.